The Morgan fingerprint density at radius 1 is 1.24 bits per heavy atom. The van der Waals surface area contributed by atoms with Crippen molar-refractivity contribution in [3.05, 3.63) is 29.3 Å². The lowest BCUT2D eigenvalue weighted by Gasteiger charge is -2.26. The Balaban J connectivity index is 2.20. The van der Waals surface area contributed by atoms with Crippen molar-refractivity contribution in [2.24, 2.45) is 0 Å². The van der Waals surface area contributed by atoms with Crippen molar-refractivity contribution >= 4 is 21.4 Å². The molecule has 1 heterocycles. The van der Waals surface area contributed by atoms with E-state index in [2.05, 4.69) is 5.32 Å². The summed E-state index contributed by atoms with van der Waals surface area (Å²) in [6.45, 7) is 2.13. The third kappa shape index (κ3) is 3.49. The van der Waals surface area contributed by atoms with E-state index in [4.69, 9.17) is 0 Å². The van der Waals surface area contributed by atoms with Gasteiger partial charge in [-0.3, -0.25) is 4.79 Å². The minimum atomic E-state index is -3.11. The number of carbonyl (C=O) groups is 1. The van der Waals surface area contributed by atoms with Crippen molar-refractivity contribution in [1.29, 1.82) is 0 Å². The van der Waals surface area contributed by atoms with E-state index in [-0.39, 0.29) is 35.8 Å². The first kappa shape index (κ1) is 15.7. The zero-order valence-electron chi connectivity index (χ0n) is 11.5. The highest BCUT2D eigenvalue weighted by molar-refractivity contribution is 7.91. The first-order chi connectivity index (χ1) is 9.84. The molecule has 1 N–H and O–H groups in total. The van der Waals surface area contributed by atoms with Gasteiger partial charge in [-0.25, -0.2) is 17.2 Å². The van der Waals surface area contributed by atoms with Gasteiger partial charge in [0.15, 0.2) is 9.84 Å². The fourth-order valence-electron chi connectivity index (χ4n) is 2.14. The van der Waals surface area contributed by atoms with Crippen LogP contribution < -0.4 is 5.32 Å². The molecule has 116 valence electrons. The molecule has 1 saturated heterocycles. The number of benzene rings is 1. The number of hydrogen-bond donors (Lipinski definition) is 1. The lowest BCUT2D eigenvalue weighted by molar-refractivity contribution is 0.0769. The second-order valence-electron chi connectivity index (χ2n) is 4.79. The molecular weight excluding hydrogens is 302 g/mol. The molecule has 0 bridgehead atoms. The van der Waals surface area contributed by atoms with Gasteiger partial charge in [0.2, 0.25) is 0 Å². The number of anilines is 1. The highest BCUT2D eigenvalue weighted by Crippen LogP contribution is 2.22. The molecule has 0 spiro atoms. The molecule has 0 radical (unpaired) electrons. The average Bonchev–Trinajstić information content (AvgIpc) is 2.42. The minimum absolute atomic E-state index is 0.0410. The van der Waals surface area contributed by atoms with Crippen LogP contribution in [0.5, 0.6) is 0 Å². The van der Waals surface area contributed by atoms with Crippen LogP contribution in [-0.2, 0) is 9.84 Å². The third-order valence-electron chi connectivity index (χ3n) is 3.27. The van der Waals surface area contributed by atoms with Gasteiger partial charge in [-0.15, -0.1) is 0 Å². The Morgan fingerprint density at radius 3 is 2.24 bits per heavy atom. The second-order valence-corrected chi connectivity index (χ2v) is 7.09. The quantitative estimate of drug-likeness (QED) is 0.911. The largest absolute Gasteiger partial charge is 0.381 e. The predicted molar refractivity (Wildman–Crippen MR) is 75.1 cm³/mol. The number of halogens is 2. The van der Waals surface area contributed by atoms with Crippen molar-refractivity contribution in [2.75, 3.05) is 36.5 Å². The topological polar surface area (TPSA) is 66.5 Å². The van der Waals surface area contributed by atoms with Crippen LogP contribution in [0.15, 0.2) is 12.1 Å². The first-order valence-corrected chi connectivity index (χ1v) is 8.39. The maximum Gasteiger partial charge on any atom is 0.254 e. The minimum Gasteiger partial charge on any atom is -0.381 e. The molecule has 0 aliphatic carbocycles. The van der Waals surface area contributed by atoms with E-state index < -0.39 is 27.4 Å². The molecule has 21 heavy (non-hydrogen) atoms. The maximum atomic E-state index is 13.8. The normalized spacial score (nSPS) is 17.6. The molecule has 1 amide bonds. The summed E-state index contributed by atoms with van der Waals surface area (Å²) in [5, 5.41) is 2.55. The molecule has 0 aromatic heterocycles. The second kappa shape index (κ2) is 5.97. The standard InChI is InChI=1S/C13H16F2N2O3S/c1-2-16-12-10(14)7-9(8-11(12)15)13(18)17-3-5-21(19,20)6-4-17/h7-8,16H,2-6H2,1H3. The first-order valence-electron chi connectivity index (χ1n) is 6.56. The van der Waals surface area contributed by atoms with Crippen LogP contribution in [0.2, 0.25) is 0 Å². The van der Waals surface area contributed by atoms with Crippen LogP contribution in [0, 0.1) is 11.6 Å². The molecule has 1 aliphatic rings. The summed E-state index contributed by atoms with van der Waals surface area (Å²) in [7, 11) is -3.11. The van der Waals surface area contributed by atoms with Gasteiger partial charge in [0.05, 0.1) is 11.5 Å². The molecule has 8 heteroatoms. The van der Waals surface area contributed by atoms with Gasteiger partial charge in [0, 0.05) is 25.2 Å². The molecule has 0 atom stereocenters. The van der Waals surface area contributed by atoms with Crippen molar-refractivity contribution < 1.29 is 22.0 Å². The van der Waals surface area contributed by atoms with Crippen LogP contribution in [0.1, 0.15) is 17.3 Å². The van der Waals surface area contributed by atoms with Crippen molar-refractivity contribution in [1.82, 2.24) is 4.90 Å². The fourth-order valence-corrected chi connectivity index (χ4v) is 3.34. The van der Waals surface area contributed by atoms with E-state index in [9.17, 15) is 22.0 Å². The van der Waals surface area contributed by atoms with Crippen LogP contribution >= 0.6 is 0 Å². The molecule has 0 unspecified atom stereocenters. The zero-order valence-corrected chi connectivity index (χ0v) is 12.3. The smallest absolute Gasteiger partial charge is 0.254 e. The Kier molecular flexibility index (Phi) is 4.46. The molecule has 1 aliphatic heterocycles. The monoisotopic (exact) mass is 318 g/mol. The summed E-state index contributed by atoms with van der Waals surface area (Å²) >= 11 is 0. The highest BCUT2D eigenvalue weighted by atomic mass is 32.2. The van der Waals surface area contributed by atoms with Gasteiger partial charge in [0.25, 0.3) is 5.91 Å². The molecule has 2 rings (SSSR count). The zero-order chi connectivity index (χ0) is 15.6. The number of nitrogens with zero attached hydrogens (tertiary/aromatic N) is 1. The number of hydrogen-bond acceptors (Lipinski definition) is 4. The number of carbonyl (C=O) groups excluding carboxylic acids is 1. The number of rotatable bonds is 3. The molecule has 1 aromatic carbocycles. The number of nitrogens with one attached hydrogen (secondary N) is 1. The van der Waals surface area contributed by atoms with E-state index in [1.54, 1.807) is 6.92 Å². The average molecular weight is 318 g/mol. The summed E-state index contributed by atoms with van der Waals surface area (Å²) in [6.07, 6.45) is 0. The number of sulfone groups is 1. The Labute approximate surface area is 121 Å². The summed E-state index contributed by atoms with van der Waals surface area (Å²) in [6, 6.07) is 1.93. The molecule has 1 aromatic rings. The predicted octanol–water partition coefficient (Wildman–Crippen LogP) is 1.27. The summed E-state index contributed by atoms with van der Waals surface area (Å²) in [4.78, 5) is 13.5. The fraction of sp³-hybridized carbons (Fsp3) is 0.462. The summed E-state index contributed by atoms with van der Waals surface area (Å²) in [5.41, 5.74) is -0.388. The van der Waals surface area contributed by atoms with Gasteiger partial charge >= 0.3 is 0 Å². The lowest BCUT2D eigenvalue weighted by Crippen LogP contribution is -2.43. The van der Waals surface area contributed by atoms with Gasteiger partial charge in [-0.1, -0.05) is 0 Å². The molecule has 0 saturated carbocycles. The Bertz CT molecular complexity index is 624. The van der Waals surface area contributed by atoms with E-state index in [0.29, 0.717) is 6.54 Å². The van der Waals surface area contributed by atoms with E-state index in [1.165, 1.54) is 4.90 Å². The van der Waals surface area contributed by atoms with E-state index in [1.807, 2.05) is 0 Å². The van der Waals surface area contributed by atoms with Crippen LogP contribution in [0.4, 0.5) is 14.5 Å². The van der Waals surface area contributed by atoms with Crippen LogP contribution in [-0.4, -0.2) is 50.4 Å². The summed E-state index contributed by atoms with van der Waals surface area (Å²) < 4.78 is 50.2. The molecule has 5 nitrogen and oxygen atoms in total. The van der Waals surface area contributed by atoms with Crippen LogP contribution in [0.3, 0.4) is 0 Å². The van der Waals surface area contributed by atoms with Gasteiger partial charge < -0.3 is 10.2 Å². The molecular formula is C13H16F2N2O3S. The third-order valence-corrected chi connectivity index (χ3v) is 4.88. The lowest BCUT2D eigenvalue weighted by atomic mass is 10.1. The number of amides is 1. The Morgan fingerprint density at radius 2 is 1.76 bits per heavy atom. The highest BCUT2D eigenvalue weighted by Gasteiger charge is 2.26. The van der Waals surface area contributed by atoms with Gasteiger partial charge in [0.1, 0.15) is 17.3 Å². The van der Waals surface area contributed by atoms with E-state index in [0.717, 1.165) is 12.1 Å². The van der Waals surface area contributed by atoms with Gasteiger partial charge in [-0.2, -0.15) is 0 Å². The SMILES string of the molecule is CCNc1c(F)cc(C(=O)N2CCS(=O)(=O)CC2)cc1F. The van der Waals surface area contributed by atoms with E-state index >= 15 is 0 Å². The van der Waals surface area contributed by atoms with Crippen molar-refractivity contribution in [3.8, 4) is 0 Å². The van der Waals surface area contributed by atoms with Crippen molar-refractivity contribution in [2.45, 2.75) is 6.92 Å². The Hall–Kier alpha value is -1.70. The maximum absolute atomic E-state index is 13.8. The van der Waals surface area contributed by atoms with Gasteiger partial charge in [-0.05, 0) is 19.1 Å². The molecule has 1 fully saturated rings. The summed E-state index contributed by atoms with van der Waals surface area (Å²) in [5.74, 6) is -2.50. The van der Waals surface area contributed by atoms with Crippen molar-refractivity contribution in [3.63, 3.8) is 0 Å². The van der Waals surface area contributed by atoms with Crippen LogP contribution in [0.25, 0.3) is 0 Å².